The summed E-state index contributed by atoms with van der Waals surface area (Å²) in [7, 11) is -6.75. The van der Waals surface area contributed by atoms with E-state index in [4.69, 9.17) is 22.1 Å². The molecule has 14 aromatic carbocycles. The minimum absolute atomic E-state index is 0. The number of benzene rings is 14. The van der Waals surface area contributed by atoms with E-state index in [1.54, 1.807) is 24.4 Å². The van der Waals surface area contributed by atoms with Gasteiger partial charge in [-0.2, -0.15) is 18.2 Å². The molecule has 0 amide bonds. The molecule has 0 saturated carbocycles. The Morgan fingerprint density at radius 3 is 1.70 bits per heavy atom. The molecular formula is C102H80N6OPtSi-2. The van der Waals surface area contributed by atoms with Gasteiger partial charge in [-0.25, -0.2) is 4.98 Å². The van der Waals surface area contributed by atoms with Gasteiger partial charge in [-0.3, -0.25) is 4.57 Å². The van der Waals surface area contributed by atoms with Crippen molar-refractivity contribution in [1.29, 1.82) is 0 Å². The van der Waals surface area contributed by atoms with Gasteiger partial charge in [0.05, 0.1) is 74.6 Å². The van der Waals surface area contributed by atoms with Gasteiger partial charge in [0.25, 0.3) is 6.33 Å². The van der Waals surface area contributed by atoms with E-state index in [9.17, 15) is 39.8 Å². The van der Waals surface area contributed by atoms with E-state index >= 15 is 0 Å². The molecule has 0 radical (unpaired) electrons. The summed E-state index contributed by atoms with van der Waals surface area (Å²) in [6, 6.07) is 35.1. The molecule has 0 fully saturated rings. The topological polar surface area (TPSA) is 45.7 Å². The third kappa shape index (κ3) is 11.3. The van der Waals surface area contributed by atoms with Crippen LogP contribution in [-0.2, 0) is 37.3 Å². The monoisotopic (exact) mass is 1670 g/mol. The maximum Gasteiger partial charge on any atom is 0.268 e. The Balaban J connectivity index is 0.0000139. The first-order chi connectivity index (χ1) is 69.4. The Labute approximate surface area is 716 Å². The molecule has 5 aromatic heterocycles. The van der Waals surface area contributed by atoms with E-state index < -0.39 is 252 Å². The fraction of sp³-hybridized carbons (Fsp3) is 0.118. The average Bonchev–Trinajstić information content (AvgIpc) is 0.947. The molecule has 9 heteroatoms. The summed E-state index contributed by atoms with van der Waals surface area (Å²) in [5.41, 5.74) is -10.6. The molecule has 1 aliphatic rings. The van der Waals surface area contributed by atoms with E-state index in [1.807, 2.05) is 59.2 Å². The van der Waals surface area contributed by atoms with Gasteiger partial charge >= 0.3 is 0 Å². The Morgan fingerprint density at radius 2 is 1.04 bits per heavy atom. The molecule has 5 heterocycles. The maximum atomic E-state index is 11.2. The third-order valence-corrected chi connectivity index (χ3v) is 24.4. The van der Waals surface area contributed by atoms with Gasteiger partial charge < -0.3 is 23.0 Å². The number of hydrogen-bond donors (Lipinski definition) is 0. The summed E-state index contributed by atoms with van der Waals surface area (Å²) in [6.07, 6.45) is -4.73. The normalized spacial score (nSPS) is 19.8. The molecule has 1 aliphatic carbocycles. The van der Waals surface area contributed by atoms with Gasteiger partial charge in [0.2, 0.25) is 0 Å². The van der Waals surface area contributed by atoms with Crippen molar-refractivity contribution in [3.63, 3.8) is 0 Å². The van der Waals surface area contributed by atoms with Crippen LogP contribution in [0.1, 0.15) is 130 Å². The number of imidazole rings is 1. The Hall–Kier alpha value is -12.2. The molecule has 19 aromatic rings. The summed E-state index contributed by atoms with van der Waals surface area (Å²) >= 11 is 0. The van der Waals surface area contributed by atoms with Crippen molar-refractivity contribution in [2.24, 2.45) is 0 Å². The van der Waals surface area contributed by atoms with Gasteiger partial charge in [-0.05, 0) is 148 Å². The Bertz CT molecular complexity index is 8680. The van der Waals surface area contributed by atoms with E-state index in [2.05, 4.69) is 121 Å². The number of ether oxygens (including phenoxy) is 1. The van der Waals surface area contributed by atoms with Crippen molar-refractivity contribution in [2.45, 2.75) is 77.2 Å². The van der Waals surface area contributed by atoms with Crippen molar-refractivity contribution >= 4 is 105 Å². The molecule has 0 saturated heterocycles. The maximum absolute atomic E-state index is 11.2. The minimum Gasteiger partial charge on any atom is -0.510 e. The summed E-state index contributed by atoms with van der Waals surface area (Å²) in [4.78, 5) is 5.06. The van der Waals surface area contributed by atoms with Crippen molar-refractivity contribution < 1.29 is 82.5 Å². The first kappa shape index (κ1) is 39.4. The van der Waals surface area contributed by atoms with Crippen LogP contribution in [0.3, 0.4) is 0 Å². The zero-order chi connectivity index (χ0) is 107. The smallest absolute Gasteiger partial charge is 0.268 e. The van der Waals surface area contributed by atoms with E-state index in [0.29, 0.717) is 11.3 Å². The largest absolute Gasteiger partial charge is 0.510 e. The molecular weight excluding hydrogens is 1550 g/mol. The van der Waals surface area contributed by atoms with Crippen LogP contribution in [0.25, 0.3) is 127 Å². The predicted molar refractivity (Wildman–Crippen MR) is 457 cm³/mol. The summed E-state index contributed by atoms with van der Waals surface area (Å²) in [5.74, 6) is 0.604. The first-order valence-electron chi connectivity index (χ1n) is 54.1. The van der Waals surface area contributed by atoms with Crippen LogP contribution in [0.15, 0.2) is 333 Å². The number of aromatic nitrogens is 6. The molecule has 7 nitrogen and oxygen atoms in total. The second-order valence-electron chi connectivity index (χ2n) is 27.9. The number of hydrogen-bond acceptors (Lipinski definition) is 2. The van der Waals surface area contributed by atoms with Gasteiger partial charge in [0.15, 0.2) is 8.07 Å². The van der Waals surface area contributed by atoms with E-state index in [1.165, 1.54) is 34.9 Å². The Kier molecular flexibility index (Phi) is 9.54. The molecule has 0 bridgehead atoms. The van der Waals surface area contributed by atoms with E-state index in [-0.39, 0.29) is 54.7 Å². The Morgan fingerprint density at radius 1 is 0.477 bits per heavy atom. The first-order valence-corrected chi connectivity index (χ1v) is 37.1. The molecule has 0 aliphatic heterocycles. The van der Waals surface area contributed by atoms with Crippen LogP contribution >= 0.6 is 0 Å². The number of pyridine rings is 1. The summed E-state index contributed by atoms with van der Waals surface area (Å²) < 4.78 is 381. The molecule has 540 valence electrons. The van der Waals surface area contributed by atoms with E-state index in [0.717, 1.165) is 99.6 Å². The van der Waals surface area contributed by atoms with Gasteiger partial charge in [-0.1, -0.05) is 302 Å². The molecule has 0 unspecified atom stereocenters. The van der Waals surface area contributed by atoms with Crippen LogP contribution in [0, 0.1) is 18.5 Å². The predicted octanol–water partition coefficient (Wildman–Crippen LogP) is 22.1. The van der Waals surface area contributed by atoms with Crippen molar-refractivity contribution in [1.82, 2.24) is 23.3 Å². The van der Waals surface area contributed by atoms with Gasteiger partial charge in [0.1, 0.15) is 5.82 Å². The standard InChI is InChI=1S/C102H80N6OSi.Pt/c1-100(2,3)70-57-60-103-97(63-70)108-95-65-72(106-89-45-20-19-41-83(89)86-44-28-50-94(99(86)106)107-90-46-21-17-39-81(90)82-40-18-22-47-91(82)107)52-54-84(95)85-55-53-74(66-96(85)108)109-73-31-26-30-71(64-73)104-67-105(93-49-24-23-48-92(93)104)98-79(42-27-43-80(98)69-51-56-87-88(62-69)102(6,7)59-58-101(87,4)5)68-29-25-38-78(61-68)110(75-32-11-8-12-33-75,76-34-13-9-14-35-76)77-36-15-10-16-37-77;/h8-57,60-63,65H,58-59H2,1-7H3;/q-2;/i4D3,5D3,6D3,7D3,8D,9D,10D,11D,12D,13D,14D,15D,16D,25D,29D,32D,33D,34D,35D,36D,37D,38D,51D,56D,58D2,59D2,61D,62D;. The van der Waals surface area contributed by atoms with Crippen molar-refractivity contribution in [2.75, 3.05) is 0 Å². The molecule has 0 spiro atoms. The van der Waals surface area contributed by atoms with Gasteiger partial charge in [-0.15, -0.1) is 29.7 Å². The van der Waals surface area contributed by atoms with Crippen LogP contribution < -0.4 is 30.1 Å². The fourth-order valence-corrected chi connectivity index (χ4v) is 19.0. The summed E-state index contributed by atoms with van der Waals surface area (Å²) in [5, 5.41) is 0.626. The zero-order valence-corrected chi connectivity index (χ0v) is 62.2. The van der Waals surface area contributed by atoms with Crippen molar-refractivity contribution in [3.8, 4) is 62.3 Å². The van der Waals surface area contributed by atoms with Gasteiger partial charge in [0, 0.05) is 93.4 Å². The molecule has 0 N–H and O–H groups in total. The quantitative estimate of drug-likeness (QED) is 0.0500. The molecule has 111 heavy (non-hydrogen) atoms. The second kappa shape index (κ2) is 26.8. The van der Waals surface area contributed by atoms with Crippen LogP contribution in [0.2, 0.25) is 0 Å². The zero-order valence-electron chi connectivity index (χ0n) is 97.0. The minimum atomic E-state index is -6.75. The fourth-order valence-electron chi connectivity index (χ4n) is 15.5. The molecule has 0 atom stereocenters. The summed E-state index contributed by atoms with van der Waals surface area (Å²) in [6.45, 7) is -12.0. The van der Waals surface area contributed by atoms with Crippen molar-refractivity contribution in [3.05, 3.63) is 368 Å². The number of fused-ring (bicyclic) bond motifs is 11. The second-order valence-corrected chi connectivity index (χ2v) is 31.4. The third-order valence-electron chi connectivity index (χ3n) is 20.4. The number of rotatable bonds is 13. The number of nitrogens with zero attached hydrogens (tertiary/aromatic N) is 6. The van der Waals surface area contributed by atoms with Crippen LogP contribution in [0.5, 0.6) is 11.5 Å². The molecule has 20 rings (SSSR count). The van der Waals surface area contributed by atoms with Crippen LogP contribution in [-0.4, -0.2) is 31.3 Å². The van der Waals surface area contributed by atoms with Crippen LogP contribution in [0.4, 0.5) is 0 Å². The SMILES string of the molecule is [2H]c1c([2H])c([2H])c([Si](c2c([2H])c([2H])c([2H])c([2H])c2[2H])(c2c([2H])c([2H])c([2H])c([2H])c2[2H])c2c([2H])c([2H])c([2H])c(-c3cccc(-c4c([2H])c([2H])c5c(c4[2H])C(C([2H])([2H])[2H])(C([2H])([2H])[2H])C([2H])([2H])C([2H])([2H])C5(C([2H])([2H])[2H])C([2H])([2H])[2H])c3-[n+]3[c-]n(-c4[c-]c(Oc5[c-]c6c(cc5)c5ccc(-n7c8ccccc8c8cccc(-n9c%10ccccc%10c%10ccccc%109)c87)cc5n6-c5cc(C(C)(C)C)ccn5)ccc4)c4ccccc43)c2[2H])c([2H])c1[2H].[Pt]. The number of para-hydroxylation sites is 7. The average molecular weight is 1670 g/mol.